The molecule has 10 heteroatoms. The number of piperidine rings is 1. The minimum atomic E-state index is -0.809. The zero-order chi connectivity index (χ0) is 22.2. The van der Waals surface area contributed by atoms with Crippen LogP contribution in [-0.2, 0) is 9.47 Å². The second kappa shape index (κ2) is 10.5. The Morgan fingerprint density at radius 1 is 1.33 bits per heavy atom. The number of methoxy groups -OCH3 is 1. The van der Waals surface area contributed by atoms with Crippen LogP contribution in [0.4, 0.5) is 15.1 Å². The van der Waals surface area contributed by atoms with Crippen molar-refractivity contribution in [2.45, 2.75) is 44.8 Å². The van der Waals surface area contributed by atoms with Crippen LogP contribution in [0.5, 0.6) is 5.75 Å². The van der Waals surface area contributed by atoms with Gasteiger partial charge in [-0.15, -0.1) is 0 Å². The lowest BCUT2D eigenvalue weighted by Crippen LogP contribution is -2.47. The quantitative estimate of drug-likeness (QED) is 0.652. The summed E-state index contributed by atoms with van der Waals surface area (Å²) in [7, 11) is 1.57. The molecule has 1 fully saturated rings. The molecule has 1 aliphatic rings. The normalized spacial score (nSPS) is 16.9. The number of ether oxygens (including phenoxy) is 3. The lowest BCUT2D eigenvalue weighted by molar-refractivity contribution is -0.0473. The Hall–Kier alpha value is -2.46. The average Bonchev–Trinajstić information content (AvgIpc) is 2.68. The third kappa shape index (κ3) is 7.75. The summed E-state index contributed by atoms with van der Waals surface area (Å²) in [6.45, 7) is 6.67. The van der Waals surface area contributed by atoms with Crippen LogP contribution >= 0.6 is 0 Å². The molecule has 0 radical (unpaired) electrons. The maximum absolute atomic E-state index is 13.1. The van der Waals surface area contributed by atoms with Crippen molar-refractivity contribution in [3.8, 4) is 5.75 Å². The maximum atomic E-state index is 13.1. The van der Waals surface area contributed by atoms with Gasteiger partial charge in [0.2, 0.25) is 5.95 Å². The van der Waals surface area contributed by atoms with Crippen molar-refractivity contribution in [3.63, 3.8) is 0 Å². The largest absolute Gasteiger partial charge is 0.486 e. The van der Waals surface area contributed by atoms with Gasteiger partial charge in [0.25, 0.3) is 0 Å². The number of hydrogen-bond donors (Lipinski definition) is 2. The topological polar surface area (TPSA) is 106 Å². The van der Waals surface area contributed by atoms with Crippen molar-refractivity contribution < 1.29 is 28.5 Å². The second-order valence-electron chi connectivity index (χ2n) is 8.27. The molecule has 0 aromatic carbocycles. The Morgan fingerprint density at radius 3 is 2.50 bits per heavy atom. The second-order valence-corrected chi connectivity index (χ2v) is 8.27. The third-order valence-corrected chi connectivity index (χ3v) is 4.44. The lowest BCUT2D eigenvalue weighted by atomic mass is 9.92. The van der Waals surface area contributed by atoms with Gasteiger partial charge in [0.05, 0.1) is 30.9 Å². The van der Waals surface area contributed by atoms with E-state index in [0.29, 0.717) is 50.6 Å². The smallest absolute Gasteiger partial charge is 0.407 e. The average molecular weight is 426 g/mol. The third-order valence-electron chi connectivity index (χ3n) is 4.44. The molecule has 0 bridgehead atoms. The van der Waals surface area contributed by atoms with Crippen molar-refractivity contribution in [3.05, 3.63) is 24.3 Å². The van der Waals surface area contributed by atoms with Crippen molar-refractivity contribution >= 4 is 12.0 Å². The Balaban J connectivity index is 1.79. The molecule has 0 unspecified atom stereocenters. The molecule has 1 aromatic heterocycles. The molecule has 1 amide bonds. The number of carbonyl (C=O) groups is 1. The highest BCUT2D eigenvalue weighted by Crippen LogP contribution is 2.25. The summed E-state index contributed by atoms with van der Waals surface area (Å²) in [6, 6.07) is 0. The number of hydrogen-bond acceptors (Lipinski definition) is 8. The van der Waals surface area contributed by atoms with E-state index in [0.717, 1.165) is 0 Å². The summed E-state index contributed by atoms with van der Waals surface area (Å²) < 4.78 is 28.7. The molecule has 30 heavy (non-hydrogen) atoms. The molecule has 0 aliphatic carbocycles. The molecule has 2 rings (SSSR count). The predicted octanol–water partition coefficient (Wildman–Crippen LogP) is 2.21. The number of aliphatic hydroxyl groups is 1. The maximum Gasteiger partial charge on any atom is 0.407 e. The van der Waals surface area contributed by atoms with Gasteiger partial charge in [0, 0.05) is 32.3 Å². The fourth-order valence-electron chi connectivity index (χ4n) is 2.88. The molecule has 0 atom stereocenters. The minimum absolute atomic E-state index is 0.0392. The van der Waals surface area contributed by atoms with Gasteiger partial charge in [0.15, 0.2) is 5.75 Å². The van der Waals surface area contributed by atoms with E-state index in [2.05, 4.69) is 15.3 Å². The molecular formula is C20H31FN4O5. The first-order chi connectivity index (χ1) is 14.1. The van der Waals surface area contributed by atoms with E-state index in [9.17, 15) is 14.3 Å². The highest BCUT2D eigenvalue weighted by atomic mass is 19.1. The highest BCUT2D eigenvalue weighted by molar-refractivity contribution is 5.68. The summed E-state index contributed by atoms with van der Waals surface area (Å²) in [4.78, 5) is 22.2. The van der Waals surface area contributed by atoms with Crippen LogP contribution in [0.3, 0.4) is 0 Å². The van der Waals surface area contributed by atoms with E-state index < -0.39 is 17.3 Å². The highest BCUT2D eigenvalue weighted by Gasteiger charge is 2.33. The molecular weight excluding hydrogens is 395 g/mol. The van der Waals surface area contributed by atoms with Crippen molar-refractivity contribution in [1.82, 2.24) is 15.3 Å². The molecule has 1 aromatic rings. The molecule has 0 spiro atoms. The van der Waals surface area contributed by atoms with Crippen molar-refractivity contribution in [1.29, 1.82) is 0 Å². The Kier molecular flexibility index (Phi) is 8.36. The predicted molar refractivity (Wildman–Crippen MR) is 109 cm³/mol. The number of anilines is 1. The van der Waals surface area contributed by atoms with E-state index in [1.165, 1.54) is 12.4 Å². The molecule has 2 N–H and O–H groups in total. The first-order valence-electron chi connectivity index (χ1n) is 9.80. The van der Waals surface area contributed by atoms with Crippen LogP contribution in [0.25, 0.3) is 0 Å². The van der Waals surface area contributed by atoms with Gasteiger partial charge in [-0.1, -0.05) is 0 Å². The van der Waals surface area contributed by atoms with Crippen LogP contribution in [-0.4, -0.2) is 72.3 Å². The van der Waals surface area contributed by atoms with Crippen molar-refractivity contribution in [2.24, 2.45) is 0 Å². The number of nitrogens with one attached hydrogen (secondary N) is 1. The molecule has 2 heterocycles. The number of carbonyl (C=O) groups excluding carboxylic acids is 1. The Bertz CT molecular complexity index is 713. The van der Waals surface area contributed by atoms with Gasteiger partial charge < -0.3 is 29.5 Å². The molecule has 168 valence electrons. The van der Waals surface area contributed by atoms with Crippen LogP contribution in [0.2, 0.25) is 0 Å². The van der Waals surface area contributed by atoms with Crippen LogP contribution in [0.1, 0.15) is 33.6 Å². The zero-order valence-electron chi connectivity index (χ0n) is 18.0. The fraction of sp³-hybridized carbons (Fsp3) is 0.650. The van der Waals surface area contributed by atoms with E-state index in [1.54, 1.807) is 27.9 Å². The summed E-state index contributed by atoms with van der Waals surface area (Å²) in [5, 5.41) is 12.9. The number of nitrogens with zero attached hydrogens (tertiary/aromatic N) is 3. The monoisotopic (exact) mass is 426 g/mol. The Morgan fingerprint density at radius 2 is 1.97 bits per heavy atom. The fourth-order valence-corrected chi connectivity index (χ4v) is 2.88. The molecule has 9 nitrogen and oxygen atoms in total. The summed E-state index contributed by atoms with van der Waals surface area (Å²) >= 11 is 0. The van der Waals surface area contributed by atoms with Crippen LogP contribution in [0, 0.1) is 0 Å². The minimum Gasteiger partial charge on any atom is -0.486 e. The molecule has 0 saturated carbocycles. The number of halogens is 1. The van der Waals surface area contributed by atoms with Gasteiger partial charge in [-0.2, -0.15) is 0 Å². The van der Waals surface area contributed by atoms with Gasteiger partial charge >= 0.3 is 6.09 Å². The van der Waals surface area contributed by atoms with Crippen molar-refractivity contribution in [2.75, 3.05) is 44.9 Å². The number of aromatic nitrogens is 2. The molecule has 1 aliphatic heterocycles. The lowest BCUT2D eigenvalue weighted by Gasteiger charge is -2.37. The number of alkyl carbamates (subject to hydrolysis) is 1. The summed E-state index contributed by atoms with van der Waals surface area (Å²) in [5.41, 5.74) is -1.20. The van der Waals surface area contributed by atoms with Gasteiger partial charge in [-0.3, -0.25) is 0 Å². The number of rotatable bonds is 8. The van der Waals surface area contributed by atoms with E-state index in [1.807, 2.05) is 4.90 Å². The summed E-state index contributed by atoms with van der Waals surface area (Å²) in [5.74, 6) is 0.915. The van der Waals surface area contributed by atoms with Gasteiger partial charge in [0.1, 0.15) is 12.2 Å². The van der Waals surface area contributed by atoms with Gasteiger partial charge in [-0.25, -0.2) is 19.2 Å². The van der Waals surface area contributed by atoms with E-state index >= 15 is 0 Å². The Labute approximate surface area is 176 Å². The van der Waals surface area contributed by atoms with Crippen LogP contribution < -0.4 is 15.0 Å². The number of amides is 1. The van der Waals surface area contributed by atoms with E-state index in [-0.39, 0.29) is 18.7 Å². The first kappa shape index (κ1) is 23.8. The molecule has 1 saturated heterocycles. The van der Waals surface area contributed by atoms with E-state index in [4.69, 9.17) is 14.2 Å². The standard InChI is InChI=1S/C20H31FN4O5/c1-19(2,3)30-18(26)24-10-15(9-21)13-29-16-11-22-17(23-12-16)25-7-5-20(27,6-8-25)14-28-4/h9,11-12,27H,5-8,10,13-14H2,1-4H3,(H,24,26)/b15-9+. The first-order valence-corrected chi connectivity index (χ1v) is 9.80. The zero-order valence-corrected chi connectivity index (χ0v) is 18.0. The summed E-state index contributed by atoms with van der Waals surface area (Å²) in [6.07, 6.45) is 3.91. The van der Waals surface area contributed by atoms with Crippen LogP contribution in [0.15, 0.2) is 24.3 Å². The van der Waals surface area contributed by atoms with Gasteiger partial charge in [-0.05, 0) is 33.6 Å². The SMILES string of the molecule is COCC1(O)CCN(c2ncc(OC/C(=C/F)CNC(=O)OC(C)(C)C)cn2)CC1.